The minimum Gasteiger partial charge on any atom is -0.376 e. The zero-order valence-corrected chi connectivity index (χ0v) is 14.5. The van der Waals surface area contributed by atoms with Gasteiger partial charge in [0.25, 0.3) is 0 Å². The van der Waals surface area contributed by atoms with Gasteiger partial charge in [0.1, 0.15) is 0 Å². The third kappa shape index (κ3) is 4.07. The van der Waals surface area contributed by atoms with Gasteiger partial charge in [0.05, 0.1) is 6.54 Å². The van der Waals surface area contributed by atoms with Crippen LogP contribution in [-0.2, 0) is 4.79 Å². The molecule has 0 aliphatic heterocycles. The van der Waals surface area contributed by atoms with Gasteiger partial charge in [0, 0.05) is 16.9 Å². The van der Waals surface area contributed by atoms with E-state index in [9.17, 15) is 4.79 Å². The molecule has 1 amide bonds. The molecule has 0 saturated carbocycles. The molecule has 0 heterocycles. The molecular formula is C22H22N2O. The maximum Gasteiger partial charge on any atom is 0.243 e. The standard InChI is InChI=1S/C22H22N2O/c1-16-9-8-14-20(17(16)2)24-22(25)15-23-21-13-7-6-12-19(21)18-10-4-3-5-11-18/h3-14,23H,15H2,1-2H3,(H,24,25). The number of carbonyl (C=O) groups excluding carboxylic acids is 1. The van der Waals surface area contributed by atoms with E-state index >= 15 is 0 Å². The van der Waals surface area contributed by atoms with Crippen molar-refractivity contribution in [2.45, 2.75) is 13.8 Å². The monoisotopic (exact) mass is 330 g/mol. The van der Waals surface area contributed by atoms with Gasteiger partial charge in [-0.05, 0) is 42.7 Å². The van der Waals surface area contributed by atoms with Crippen LogP contribution in [0.4, 0.5) is 11.4 Å². The molecule has 0 radical (unpaired) electrons. The Hall–Kier alpha value is -3.07. The van der Waals surface area contributed by atoms with Gasteiger partial charge >= 0.3 is 0 Å². The molecular weight excluding hydrogens is 308 g/mol. The van der Waals surface area contributed by atoms with Crippen LogP contribution in [0.3, 0.4) is 0 Å². The van der Waals surface area contributed by atoms with Gasteiger partial charge in [0.15, 0.2) is 0 Å². The molecule has 0 saturated heterocycles. The molecule has 3 nitrogen and oxygen atoms in total. The van der Waals surface area contributed by atoms with E-state index in [0.717, 1.165) is 28.1 Å². The number of aryl methyl sites for hydroxylation is 1. The molecule has 0 aliphatic carbocycles. The van der Waals surface area contributed by atoms with E-state index in [1.807, 2.05) is 68.4 Å². The number of nitrogens with one attached hydrogen (secondary N) is 2. The molecule has 25 heavy (non-hydrogen) atoms. The second kappa shape index (κ2) is 7.67. The van der Waals surface area contributed by atoms with Gasteiger partial charge in [-0.3, -0.25) is 4.79 Å². The lowest BCUT2D eigenvalue weighted by molar-refractivity contribution is -0.114. The Balaban J connectivity index is 1.70. The summed E-state index contributed by atoms with van der Waals surface area (Å²) in [6, 6.07) is 24.1. The van der Waals surface area contributed by atoms with Crippen molar-refractivity contribution in [2.24, 2.45) is 0 Å². The number of amides is 1. The van der Waals surface area contributed by atoms with Gasteiger partial charge in [-0.1, -0.05) is 60.7 Å². The molecule has 0 unspecified atom stereocenters. The predicted octanol–water partition coefficient (Wildman–Crippen LogP) is 5.02. The van der Waals surface area contributed by atoms with Crippen molar-refractivity contribution in [3.63, 3.8) is 0 Å². The Bertz CT molecular complexity index is 872. The van der Waals surface area contributed by atoms with Gasteiger partial charge in [-0.25, -0.2) is 0 Å². The number of carbonyl (C=O) groups is 1. The van der Waals surface area contributed by atoms with E-state index in [-0.39, 0.29) is 12.5 Å². The van der Waals surface area contributed by atoms with Gasteiger partial charge < -0.3 is 10.6 Å². The van der Waals surface area contributed by atoms with Crippen LogP contribution in [-0.4, -0.2) is 12.5 Å². The fourth-order valence-corrected chi connectivity index (χ4v) is 2.76. The summed E-state index contributed by atoms with van der Waals surface area (Å²) in [6.45, 7) is 4.28. The van der Waals surface area contributed by atoms with Crippen LogP contribution in [0.25, 0.3) is 11.1 Å². The van der Waals surface area contributed by atoms with Crippen LogP contribution < -0.4 is 10.6 Å². The molecule has 3 aromatic carbocycles. The highest BCUT2D eigenvalue weighted by molar-refractivity contribution is 5.95. The van der Waals surface area contributed by atoms with Crippen molar-refractivity contribution in [1.82, 2.24) is 0 Å². The van der Waals surface area contributed by atoms with Crippen molar-refractivity contribution < 1.29 is 4.79 Å². The van der Waals surface area contributed by atoms with Gasteiger partial charge in [-0.15, -0.1) is 0 Å². The summed E-state index contributed by atoms with van der Waals surface area (Å²) in [7, 11) is 0. The van der Waals surface area contributed by atoms with Crippen LogP contribution in [0.1, 0.15) is 11.1 Å². The molecule has 3 aromatic rings. The lowest BCUT2D eigenvalue weighted by Gasteiger charge is -2.14. The first-order valence-electron chi connectivity index (χ1n) is 8.39. The van der Waals surface area contributed by atoms with Crippen molar-refractivity contribution in [2.75, 3.05) is 17.2 Å². The van der Waals surface area contributed by atoms with Crippen LogP contribution >= 0.6 is 0 Å². The molecule has 0 aliphatic rings. The van der Waals surface area contributed by atoms with E-state index in [4.69, 9.17) is 0 Å². The quantitative estimate of drug-likeness (QED) is 0.689. The molecule has 0 atom stereocenters. The molecule has 2 N–H and O–H groups in total. The maximum absolute atomic E-state index is 12.3. The summed E-state index contributed by atoms with van der Waals surface area (Å²) in [5, 5.41) is 6.23. The minimum absolute atomic E-state index is 0.0587. The fourth-order valence-electron chi connectivity index (χ4n) is 2.76. The first kappa shape index (κ1) is 16.8. The lowest BCUT2D eigenvalue weighted by atomic mass is 10.0. The highest BCUT2D eigenvalue weighted by Gasteiger charge is 2.08. The second-order valence-electron chi connectivity index (χ2n) is 6.06. The van der Waals surface area contributed by atoms with Crippen molar-refractivity contribution in [1.29, 1.82) is 0 Å². The summed E-state index contributed by atoms with van der Waals surface area (Å²) in [4.78, 5) is 12.3. The van der Waals surface area contributed by atoms with Crippen LogP contribution in [0.2, 0.25) is 0 Å². The average molecular weight is 330 g/mol. The van der Waals surface area contributed by atoms with E-state index < -0.39 is 0 Å². The first-order valence-corrected chi connectivity index (χ1v) is 8.39. The first-order chi connectivity index (χ1) is 12.1. The smallest absolute Gasteiger partial charge is 0.243 e. The average Bonchev–Trinajstić information content (AvgIpc) is 2.65. The molecule has 0 bridgehead atoms. The fraction of sp³-hybridized carbons (Fsp3) is 0.136. The van der Waals surface area contributed by atoms with E-state index in [0.29, 0.717) is 0 Å². The largest absolute Gasteiger partial charge is 0.376 e. The number of hydrogen-bond acceptors (Lipinski definition) is 2. The highest BCUT2D eigenvalue weighted by atomic mass is 16.1. The lowest BCUT2D eigenvalue weighted by Crippen LogP contribution is -2.22. The molecule has 0 fully saturated rings. The summed E-state index contributed by atoms with van der Waals surface area (Å²) in [5.41, 5.74) is 6.29. The number of benzene rings is 3. The molecule has 3 heteroatoms. The van der Waals surface area contributed by atoms with E-state index in [1.165, 1.54) is 5.56 Å². The highest BCUT2D eigenvalue weighted by Crippen LogP contribution is 2.27. The zero-order chi connectivity index (χ0) is 17.6. The van der Waals surface area contributed by atoms with E-state index in [1.54, 1.807) is 0 Å². The van der Waals surface area contributed by atoms with Crippen molar-refractivity contribution in [3.05, 3.63) is 83.9 Å². The summed E-state index contributed by atoms with van der Waals surface area (Å²) < 4.78 is 0. The third-order valence-corrected chi connectivity index (χ3v) is 4.33. The van der Waals surface area contributed by atoms with E-state index in [2.05, 4.69) is 28.8 Å². The number of hydrogen-bond donors (Lipinski definition) is 2. The van der Waals surface area contributed by atoms with Crippen LogP contribution in [0.15, 0.2) is 72.8 Å². The van der Waals surface area contributed by atoms with Gasteiger partial charge in [0.2, 0.25) is 5.91 Å². The SMILES string of the molecule is Cc1cccc(NC(=O)CNc2ccccc2-c2ccccc2)c1C. The second-order valence-corrected chi connectivity index (χ2v) is 6.06. The summed E-state index contributed by atoms with van der Waals surface area (Å²) in [6.07, 6.45) is 0. The number of anilines is 2. The van der Waals surface area contributed by atoms with Crippen molar-refractivity contribution in [3.8, 4) is 11.1 Å². The minimum atomic E-state index is -0.0587. The summed E-state index contributed by atoms with van der Waals surface area (Å²) >= 11 is 0. The molecule has 0 spiro atoms. The Labute approximate surface area is 148 Å². The maximum atomic E-state index is 12.3. The van der Waals surface area contributed by atoms with Crippen LogP contribution in [0, 0.1) is 13.8 Å². The normalized spacial score (nSPS) is 10.3. The third-order valence-electron chi connectivity index (χ3n) is 4.33. The Kier molecular flexibility index (Phi) is 5.14. The Morgan fingerprint density at radius 2 is 1.48 bits per heavy atom. The molecule has 3 rings (SSSR count). The summed E-state index contributed by atoms with van der Waals surface area (Å²) in [5.74, 6) is -0.0587. The topological polar surface area (TPSA) is 41.1 Å². The van der Waals surface area contributed by atoms with Gasteiger partial charge in [-0.2, -0.15) is 0 Å². The predicted molar refractivity (Wildman–Crippen MR) is 105 cm³/mol. The Morgan fingerprint density at radius 1 is 0.800 bits per heavy atom. The van der Waals surface area contributed by atoms with Crippen molar-refractivity contribution >= 4 is 17.3 Å². The Morgan fingerprint density at radius 3 is 2.28 bits per heavy atom. The van der Waals surface area contributed by atoms with Crippen LogP contribution in [0.5, 0.6) is 0 Å². The number of rotatable bonds is 5. The zero-order valence-electron chi connectivity index (χ0n) is 14.5. The number of para-hydroxylation sites is 1. The molecule has 0 aromatic heterocycles. The molecule has 126 valence electrons.